The first kappa shape index (κ1) is 34.2. The van der Waals surface area contributed by atoms with Crippen LogP contribution in [0, 0.1) is 5.41 Å². The third-order valence-corrected chi connectivity index (χ3v) is 6.44. The van der Waals surface area contributed by atoms with Gasteiger partial charge in [0.1, 0.15) is 17.4 Å². The molecule has 11 nitrogen and oxygen atoms in total. The molecular weight excluding hydrogens is 649 g/mol. The van der Waals surface area contributed by atoms with E-state index in [1.807, 2.05) is 38.1 Å². The van der Waals surface area contributed by atoms with Crippen LogP contribution in [0.3, 0.4) is 0 Å². The number of hydrogen-bond donors (Lipinski definition) is 5. The number of halogens is 4. The molecule has 0 saturated carbocycles. The SMILES string of the molecule is CC(C)(CNC(=O)O)CNC(=O)c1ccc(Nc2cc(NCc3ccc(OCCCBr)cc3)nc(OCC(F)(F)F)n2)cc1. The number of nitrogens with zero attached hydrogens (tertiary/aromatic N) is 2. The summed E-state index contributed by atoms with van der Waals surface area (Å²) in [4.78, 5) is 31.4. The van der Waals surface area contributed by atoms with Crippen molar-refractivity contribution in [3.8, 4) is 11.8 Å². The summed E-state index contributed by atoms with van der Waals surface area (Å²) in [6.45, 7) is 3.37. The average Bonchev–Trinajstić information content (AvgIpc) is 2.98. The van der Waals surface area contributed by atoms with Crippen LogP contribution in [0.1, 0.15) is 36.2 Å². The second-order valence-electron chi connectivity index (χ2n) is 10.4. The minimum atomic E-state index is -4.57. The van der Waals surface area contributed by atoms with Gasteiger partial charge in [0, 0.05) is 42.3 Å². The zero-order valence-corrected chi connectivity index (χ0v) is 25.7. The Hall–Kier alpha value is -4.27. The molecule has 0 atom stereocenters. The van der Waals surface area contributed by atoms with Crippen molar-refractivity contribution in [2.24, 2.45) is 5.41 Å². The second kappa shape index (κ2) is 16.0. The van der Waals surface area contributed by atoms with Crippen LogP contribution in [0.5, 0.6) is 11.8 Å². The number of amides is 2. The topological polar surface area (TPSA) is 147 Å². The van der Waals surface area contributed by atoms with Crippen molar-refractivity contribution in [2.75, 3.05) is 42.3 Å². The van der Waals surface area contributed by atoms with Crippen LogP contribution >= 0.6 is 15.9 Å². The van der Waals surface area contributed by atoms with Gasteiger partial charge in [-0.2, -0.15) is 23.1 Å². The molecule has 5 N–H and O–H groups in total. The van der Waals surface area contributed by atoms with Crippen molar-refractivity contribution in [1.29, 1.82) is 0 Å². The summed E-state index contributed by atoms with van der Waals surface area (Å²) in [6, 6.07) is 14.8. The van der Waals surface area contributed by atoms with Crippen molar-refractivity contribution >= 4 is 45.3 Å². The highest BCUT2D eigenvalue weighted by molar-refractivity contribution is 9.09. The first-order valence-corrected chi connectivity index (χ1v) is 14.7. The Morgan fingerprint density at radius 1 is 0.932 bits per heavy atom. The number of carbonyl (C=O) groups excluding carboxylic acids is 1. The van der Waals surface area contributed by atoms with Crippen molar-refractivity contribution in [3.63, 3.8) is 0 Å². The van der Waals surface area contributed by atoms with E-state index in [2.05, 4.69) is 47.2 Å². The highest BCUT2D eigenvalue weighted by Crippen LogP contribution is 2.23. The fourth-order valence-electron chi connectivity index (χ4n) is 3.58. The molecule has 1 heterocycles. The quantitative estimate of drug-likeness (QED) is 0.0912. The smallest absolute Gasteiger partial charge is 0.422 e. The zero-order valence-electron chi connectivity index (χ0n) is 24.1. The number of ether oxygens (including phenoxy) is 2. The van der Waals surface area contributed by atoms with Crippen molar-refractivity contribution in [3.05, 3.63) is 65.7 Å². The second-order valence-corrected chi connectivity index (χ2v) is 11.2. The molecule has 0 unspecified atom stereocenters. The lowest BCUT2D eigenvalue weighted by molar-refractivity contribution is -0.154. The Morgan fingerprint density at radius 2 is 1.59 bits per heavy atom. The minimum absolute atomic E-state index is 0.162. The largest absolute Gasteiger partial charge is 0.494 e. The lowest BCUT2D eigenvalue weighted by Gasteiger charge is -2.24. The molecule has 0 saturated heterocycles. The summed E-state index contributed by atoms with van der Waals surface area (Å²) < 4.78 is 48.8. The number of aromatic nitrogens is 2. The van der Waals surface area contributed by atoms with Gasteiger partial charge in [0.15, 0.2) is 6.61 Å². The molecule has 44 heavy (non-hydrogen) atoms. The van der Waals surface area contributed by atoms with Crippen LogP contribution in [0.4, 0.5) is 35.3 Å². The number of carboxylic acid groups (broad SMARTS) is 1. The van der Waals surface area contributed by atoms with E-state index in [1.54, 1.807) is 24.3 Å². The van der Waals surface area contributed by atoms with Crippen molar-refractivity contribution in [2.45, 2.75) is 33.0 Å². The molecule has 1 aromatic heterocycles. The number of rotatable bonds is 16. The monoisotopic (exact) mass is 682 g/mol. The van der Waals surface area contributed by atoms with Crippen molar-refractivity contribution in [1.82, 2.24) is 20.6 Å². The number of nitrogens with one attached hydrogen (secondary N) is 4. The zero-order chi connectivity index (χ0) is 32.2. The van der Waals surface area contributed by atoms with E-state index in [0.29, 0.717) is 24.4 Å². The Balaban J connectivity index is 1.66. The third-order valence-electron chi connectivity index (χ3n) is 5.88. The predicted octanol–water partition coefficient (Wildman–Crippen LogP) is 5.96. The van der Waals surface area contributed by atoms with Crippen LogP contribution in [-0.2, 0) is 6.54 Å². The molecule has 15 heteroatoms. The fourth-order valence-corrected chi connectivity index (χ4v) is 3.81. The molecule has 2 aromatic carbocycles. The molecule has 3 aromatic rings. The Labute approximate surface area is 261 Å². The molecule has 0 aliphatic carbocycles. The van der Waals surface area contributed by atoms with E-state index in [9.17, 15) is 22.8 Å². The van der Waals surface area contributed by atoms with Crippen molar-refractivity contribution < 1.29 is 37.3 Å². The summed E-state index contributed by atoms with van der Waals surface area (Å²) in [5.74, 6) is 0.773. The van der Waals surface area contributed by atoms with E-state index in [4.69, 9.17) is 14.6 Å². The highest BCUT2D eigenvalue weighted by atomic mass is 79.9. The fraction of sp³-hybridized carbons (Fsp3) is 0.379. The first-order valence-electron chi connectivity index (χ1n) is 13.5. The Kier molecular flexibility index (Phi) is 12.4. The normalized spacial score (nSPS) is 11.4. The molecule has 0 aliphatic rings. The molecule has 3 rings (SSSR count). The lowest BCUT2D eigenvalue weighted by atomic mass is 9.93. The lowest BCUT2D eigenvalue weighted by Crippen LogP contribution is -2.41. The standard InChI is InChI=1S/C29H34BrF3N6O5/c1-28(2,17-36-27(41)42)16-35-25(40)20-6-8-21(9-7-20)37-24-14-23(38-26(39-24)44-18-29(31,32)33)34-15-19-4-10-22(11-5-19)43-13-3-12-30/h4-11,14,36H,3,12-13,15-18H2,1-2H3,(H,35,40)(H,41,42)(H2,34,37,38,39). The third kappa shape index (κ3) is 12.5. The summed E-state index contributed by atoms with van der Waals surface area (Å²) in [5.41, 5.74) is 1.25. The Morgan fingerprint density at radius 3 is 2.23 bits per heavy atom. The molecule has 0 bridgehead atoms. The number of alkyl halides is 4. The summed E-state index contributed by atoms with van der Waals surface area (Å²) >= 11 is 3.35. The highest BCUT2D eigenvalue weighted by Gasteiger charge is 2.29. The average molecular weight is 684 g/mol. The number of benzene rings is 2. The van der Waals surface area contributed by atoms with Gasteiger partial charge in [-0.25, -0.2) is 4.79 Å². The summed E-state index contributed by atoms with van der Waals surface area (Å²) in [6.07, 6.45) is -4.84. The maximum Gasteiger partial charge on any atom is 0.422 e. The van der Waals surface area contributed by atoms with Crippen LogP contribution in [0.15, 0.2) is 54.6 Å². The minimum Gasteiger partial charge on any atom is -0.494 e. The van der Waals surface area contributed by atoms with E-state index >= 15 is 0 Å². The van der Waals surface area contributed by atoms with Gasteiger partial charge in [0.05, 0.1) is 6.61 Å². The summed E-state index contributed by atoms with van der Waals surface area (Å²) in [7, 11) is 0. The Bertz CT molecular complexity index is 1380. The van der Waals surface area contributed by atoms with Gasteiger partial charge in [-0.1, -0.05) is 41.9 Å². The van der Waals surface area contributed by atoms with Gasteiger partial charge in [0.25, 0.3) is 5.91 Å². The maximum atomic E-state index is 12.8. The van der Waals surface area contributed by atoms with Crippen LogP contribution in [0.2, 0.25) is 0 Å². The molecule has 0 aliphatic heterocycles. The van der Waals surface area contributed by atoms with Gasteiger partial charge in [-0.15, -0.1) is 0 Å². The van der Waals surface area contributed by atoms with Gasteiger partial charge in [-0.3, -0.25) is 4.79 Å². The maximum absolute atomic E-state index is 12.8. The van der Waals surface area contributed by atoms with Gasteiger partial charge in [0.2, 0.25) is 0 Å². The van der Waals surface area contributed by atoms with Crippen LogP contribution in [-0.4, -0.2) is 64.9 Å². The number of hydrogen-bond acceptors (Lipinski definition) is 8. The van der Waals surface area contributed by atoms with Crippen LogP contribution < -0.4 is 30.7 Å². The summed E-state index contributed by atoms with van der Waals surface area (Å²) in [5, 5.41) is 20.8. The molecule has 0 spiro atoms. The van der Waals surface area contributed by atoms with Crippen LogP contribution in [0.25, 0.3) is 0 Å². The van der Waals surface area contributed by atoms with E-state index in [-0.39, 0.29) is 30.6 Å². The number of anilines is 3. The van der Waals surface area contributed by atoms with E-state index in [1.165, 1.54) is 6.07 Å². The molecule has 0 fully saturated rings. The van der Waals surface area contributed by atoms with Gasteiger partial charge < -0.3 is 35.8 Å². The van der Waals surface area contributed by atoms with Gasteiger partial charge >= 0.3 is 18.3 Å². The molecular formula is C29H34BrF3N6O5. The molecule has 238 valence electrons. The predicted molar refractivity (Wildman–Crippen MR) is 163 cm³/mol. The molecule has 2 amide bonds. The first-order chi connectivity index (χ1) is 20.8. The molecule has 0 radical (unpaired) electrons. The van der Waals surface area contributed by atoms with Gasteiger partial charge in [-0.05, 0) is 53.8 Å². The van der Waals surface area contributed by atoms with E-state index < -0.39 is 30.3 Å². The number of carbonyl (C=O) groups is 2. The van der Waals surface area contributed by atoms with E-state index in [0.717, 1.165) is 23.1 Å².